The average molecular weight is 383 g/mol. The number of amides is 1. The number of hydrogen-bond acceptors (Lipinski definition) is 5. The summed E-state index contributed by atoms with van der Waals surface area (Å²) in [6.45, 7) is 6.37. The van der Waals surface area contributed by atoms with Crippen LogP contribution in [0.3, 0.4) is 0 Å². The first-order chi connectivity index (χ1) is 12.5. The molecule has 2 unspecified atom stereocenters. The molecule has 0 aliphatic carbocycles. The number of ether oxygens (including phenoxy) is 1. The summed E-state index contributed by atoms with van der Waals surface area (Å²) >= 11 is 0. The van der Waals surface area contributed by atoms with Gasteiger partial charge in [0.15, 0.2) is 5.65 Å². The van der Waals surface area contributed by atoms with Gasteiger partial charge >= 0.3 is 12.3 Å². The molecule has 27 heavy (non-hydrogen) atoms. The van der Waals surface area contributed by atoms with Gasteiger partial charge in [0, 0.05) is 19.3 Å². The van der Waals surface area contributed by atoms with E-state index in [1.807, 2.05) is 25.7 Å². The second-order valence-electron chi connectivity index (χ2n) is 7.94. The van der Waals surface area contributed by atoms with Gasteiger partial charge in [0.25, 0.3) is 0 Å². The third-order valence-electron chi connectivity index (χ3n) is 4.74. The predicted molar refractivity (Wildman–Crippen MR) is 90.5 cm³/mol. The predicted octanol–water partition coefficient (Wildman–Crippen LogP) is 2.95. The standard InChI is InChI=1S/C17H20F3N5O2/c1-16(2,3)27-15(26)25-10-7-11(25)9-23(8-10)14-21-13-12(17(18,19)20)5-4-6-24(13)22-14/h4-6,10-11H,7-9H2,1-3H3. The molecule has 2 aromatic heterocycles. The van der Waals surface area contributed by atoms with Gasteiger partial charge in [0.05, 0.1) is 12.1 Å². The van der Waals surface area contributed by atoms with Gasteiger partial charge in [-0.15, -0.1) is 5.10 Å². The van der Waals surface area contributed by atoms with Crippen LogP contribution in [0.4, 0.5) is 23.9 Å². The minimum Gasteiger partial charge on any atom is -0.444 e. The smallest absolute Gasteiger partial charge is 0.420 e. The number of aromatic nitrogens is 3. The fraction of sp³-hybridized carbons (Fsp3) is 0.588. The molecule has 3 fully saturated rings. The first-order valence-electron chi connectivity index (χ1n) is 8.72. The Kier molecular flexibility index (Phi) is 3.80. The van der Waals surface area contributed by atoms with Gasteiger partial charge < -0.3 is 9.64 Å². The lowest BCUT2D eigenvalue weighted by Gasteiger charge is -2.55. The van der Waals surface area contributed by atoms with Crippen molar-refractivity contribution in [1.29, 1.82) is 0 Å². The number of piperidine rings is 1. The highest BCUT2D eigenvalue weighted by molar-refractivity contribution is 5.71. The summed E-state index contributed by atoms with van der Waals surface area (Å²) in [5.41, 5.74) is -1.61. The van der Waals surface area contributed by atoms with Gasteiger partial charge in [-0.2, -0.15) is 18.2 Å². The third-order valence-corrected chi connectivity index (χ3v) is 4.74. The molecule has 0 spiro atoms. The van der Waals surface area contributed by atoms with Crippen molar-refractivity contribution in [3.8, 4) is 0 Å². The molecule has 1 amide bonds. The highest BCUT2D eigenvalue weighted by Crippen LogP contribution is 2.36. The van der Waals surface area contributed by atoms with E-state index in [0.717, 1.165) is 17.0 Å². The fourth-order valence-corrected chi connectivity index (χ4v) is 3.64. The number of carbonyl (C=O) groups excluding carboxylic acids is 1. The van der Waals surface area contributed by atoms with Crippen LogP contribution < -0.4 is 4.90 Å². The lowest BCUT2D eigenvalue weighted by atomic mass is 9.88. The summed E-state index contributed by atoms with van der Waals surface area (Å²) in [6.07, 6.45) is -2.56. The summed E-state index contributed by atoms with van der Waals surface area (Å²) in [5, 5.41) is 4.19. The van der Waals surface area contributed by atoms with Gasteiger partial charge in [0.1, 0.15) is 11.2 Å². The monoisotopic (exact) mass is 383 g/mol. The normalized spacial score (nSPS) is 22.7. The summed E-state index contributed by atoms with van der Waals surface area (Å²) in [6, 6.07) is 2.19. The van der Waals surface area contributed by atoms with Crippen molar-refractivity contribution < 1.29 is 22.7 Å². The van der Waals surface area contributed by atoms with E-state index in [1.165, 1.54) is 12.3 Å². The van der Waals surface area contributed by atoms with E-state index in [0.29, 0.717) is 13.1 Å². The van der Waals surface area contributed by atoms with Crippen LogP contribution >= 0.6 is 0 Å². The number of fused-ring (bicyclic) bond motifs is 3. The number of alkyl halides is 3. The maximum atomic E-state index is 13.2. The molecule has 5 heterocycles. The van der Waals surface area contributed by atoms with Crippen LogP contribution in [-0.4, -0.2) is 56.4 Å². The summed E-state index contributed by atoms with van der Waals surface area (Å²) in [4.78, 5) is 20.0. The first kappa shape index (κ1) is 17.9. The number of anilines is 1. The van der Waals surface area contributed by atoms with Crippen LogP contribution in [0.2, 0.25) is 0 Å². The van der Waals surface area contributed by atoms with Crippen LogP contribution in [0.25, 0.3) is 5.65 Å². The molecule has 3 aliphatic rings. The molecule has 0 aromatic carbocycles. The first-order valence-corrected chi connectivity index (χ1v) is 8.72. The van der Waals surface area contributed by atoms with Crippen molar-refractivity contribution in [2.24, 2.45) is 0 Å². The van der Waals surface area contributed by atoms with Crippen LogP contribution in [-0.2, 0) is 10.9 Å². The molecule has 7 nitrogen and oxygen atoms in total. The minimum atomic E-state index is -4.50. The molecule has 2 aromatic rings. The molecular weight excluding hydrogens is 363 g/mol. The quantitative estimate of drug-likeness (QED) is 0.758. The van der Waals surface area contributed by atoms with Crippen LogP contribution in [0.15, 0.2) is 18.3 Å². The molecule has 2 atom stereocenters. The Morgan fingerprint density at radius 1 is 1.22 bits per heavy atom. The molecular formula is C17H20F3N5O2. The molecule has 146 valence electrons. The Labute approximate surface area is 153 Å². The Hall–Kier alpha value is -2.52. The Balaban J connectivity index is 1.53. The van der Waals surface area contributed by atoms with Gasteiger partial charge in [-0.05, 0) is 39.3 Å². The van der Waals surface area contributed by atoms with E-state index in [4.69, 9.17) is 4.74 Å². The number of nitrogens with zero attached hydrogens (tertiary/aromatic N) is 5. The molecule has 0 radical (unpaired) electrons. The van der Waals surface area contributed by atoms with E-state index in [9.17, 15) is 18.0 Å². The minimum absolute atomic E-state index is 0.0488. The molecule has 0 saturated carbocycles. The van der Waals surface area contributed by atoms with Crippen molar-refractivity contribution in [3.63, 3.8) is 0 Å². The number of pyridine rings is 1. The van der Waals surface area contributed by atoms with Crippen LogP contribution in [0, 0.1) is 0 Å². The SMILES string of the molecule is CC(C)(C)OC(=O)N1C2CC1CN(c1nc3c(C(F)(F)F)cccn3n1)C2. The Morgan fingerprint density at radius 2 is 1.89 bits per heavy atom. The Morgan fingerprint density at radius 3 is 2.48 bits per heavy atom. The lowest BCUT2D eigenvalue weighted by Crippen LogP contribution is -2.70. The molecule has 3 aliphatic heterocycles. The molecule has 3 saturated heterocycles. The van der Waals surface area contributed by atoms with Crippen molar-refractivity contribution >= 4 is 17.7 Å². The molecule has 0 N–H and O–H groups in total. The van der Waals surface area contributed by atoms with E-state index >= 15 is 0 Å². The highest BCUT2D eigenvalue weighted by Gasteiger charge is 2.49. The zero-order valence-corrected chi connectivity index (χ0v) is 15.2. The van der Waals surface area contributed by atoms with Crippen molar-refractivity contribution in [2.75, 3.05) is 18.0 Å². The second kappa shape index (κ2) is 5.74. The number of halogens is 3. The third kappa shape index (κ3) is 3.17. The molecule has 5 rings (SSSR count). The zero-order valence-electron chi connectivity index (χ0n) is 15.2. The largest absolute Gasteiger partial charge is 0.444 e. The summed E-state index contributed by atoms with van der Waals surface area (Å²) < 4.78 is 46.1. The number of hydrogen-bond donors (Lipinski definition) is 0. The van der Waals surface area contributed by atoms with Gasteiger partial charge in [0.2, 0.25) is 5.95 Å². The summed E-state index contributed by atoms with van der Waals surface area (Å²) in [5.74, 6) is 0.241. The average Bonchev–Trinajstić information content (AvgIpc) is 2.96. The van der Waals surface area contributed by atoms with E-state index < -0.39 is 17.3 Å². The van der Waals surface area contributed by atoms with Crippen molar-refractivity contribution in [3.05, 3.63) is 23.9 Å². The highest BCUT2D eigenvalue weighted by atomic mass is 19.4. The lowest BCUT2D eigenvalue weighted by molar-refractivity contribution is -0.136. The van der Waals surface area contributed by atoms with E-state index in [2.05, 4.69) is 10.1 Å². The van der Waals surface area contributed by atoms with Crippen molar-refractivity contribution in [2.45, 2.75) is 51.1 Å². The van der Waals surface area contributed by atoms with E-state index in [-0.39, 0.29) is 29.8 Å². The van der Waals surface area contributed by atoms with Crippen LogP contribution in [0.5, 0.6) is 0 Å². The topological polar surface area (TPSA) is 63.0 Å². The Bertz CT molecular complexity index is 877. The second-order valence-corrected chi connectivity index (χ2v) is 7.94. The van der Waals surface area contributed by atoms with Crippen LogP contribution in [0.1, 0.15) is 32.8 Å². The number of rotatable bonds is 1. The summed E-state index contributed by atoms with van der Waals surface area (Å²) in [7, 11) is 0. The molecule has 10 heteroatoms. The maximum absolute atomic E-state index is 13.2. The number of piperazine rings is 1. The van der Waals surface area contributed by atoms with Gasteiger partial charge in [-0.3, -0.25) is 4.90 Å². The number of carbonyl (C=O) groups is 1. The van der Waals surface area contributed by atoms with Gasteiger partial charge in [-0.1, -0.05) is 0 Å². The maximum Gasteiger partial charge on any atom is 0.420 e. The van der Waals surface area contributed by atoms with Crippen molar-refractivity contribution in [1.82, 2.24) is 19.5 Å². The zero-order chi connectivity index (χ0) is 19.6. The van der Waals surface area contributed by atoms with E-state index in [1.54, 1.807) is 4.90 Å². The van der Waals surface area contributed by atoms with Gasteiger partial charge in [-0.25, -0.2) is 9.31 Å². The molecule has 2 bridgehead atoms. The fourth-order valence-electron chi connectivity index (χ4n) is 3.64.